The van der Waals surface area contributed by atoms with Gasteiger partial charge in [0, 0.05) is 0 Å². The summed E-state index contributed by atoms with van der Waals surface area (Å²) in [6.07, 6.45) is 0. The van der Waals surface area contributed by atoms with Gasteiger partial charge >= 0.3 is 34.9 Å². The summed E-state index contributed by atoms with van der Waals surface area (Å²) in [6, 6.07) is 0. The summed E-state index contributed by atoms with van der Waals surface area (Å²) in [5, 5.41) is 0. The minimum absolute atomic E-state index is 0. The molecule has 0 aliphatic rings. The molecular formula is C3H7AlO. The summed E-state index contributed by atoms with van der Waals surface area (Å²) in [5.41, 5.74) is 0. The fourth-order valence-corrected chi connectivity index (χ4v) is 0. The maximum atomic E-state index is 2.66. The Hall–Kier alpha value is 0.492. The van der Waals surface area contributed by atoms with Crippen molar-refractivity contribution in [2.24, 2.45) is 0 Å². The molecule has 0 bridgehead atoms. The van der Waals surface area contributed by atoms with Crippen LogP contribution in [0.15, 0.2) is 0 Å². The molecule has 0 spiro atoms. The van der Waals surface area contributed by atoms with Crippen LogP contribution in [0.5, 0.6) is 0 Å². The maximum Gasteiger partial charge on any atom is -2.00 e. The molecule has 0 saturated heterocycles. The van der Waals surface area contributed by atoms with Gasteiger partial charge in [0.05, 0.1) is 0 Å². The third-order valence-corrected chi connectivity index (χ3v) is 0. The predicted molar refractivity (Wildman–Crippen MR) is 21.5 cm³/mol. The van der Waals surface area contributed by atoms with Gasteiger partial charge in [0.25, 0.3) is 0 Å². The van der Waals surface area contributed by atoms with Crippen molar-refractivity contribution in [3.8, 4) is 0 Å². The van der Waals surface area contributed by atoms with Gasteiger partial charge in [0.1, 0.15) is 0 Å². The standard InChI is InChI=1S/C3H7.Al.O/c1-3-2;;/h3H,1-2H3;;/q;+2;-2. The Morgan fingerprint density at radius 1 is 1.40 bits per heavy atom. The van der Waals surface area contributed by atoms with Crippen LogP contribution in [-0.2, 0) is 5.48 Å². The van der Waals surface area contributed by atoms with Crippen molar-refractivity contribution in [1.82, 2.24) is 0 Å². The largest absolute Gasteiger partial charge is 2.00 e. The van der Waals surface area contributed by atoms with Crippen LogP contribution in [0.1, 0.15) is 13.8 Å². The van der Waals surface area contributed by atoms with E-state index in [0.29, 0.717) is 0 Å². The van der Waals surface area contributed by atoms with E-state index in [4.69, 9.17) is 0 Å². The summed E-state index contributed by atoms with van der Waals surface area (Å²) in [7, 11) is 0. The molecule has 0 unspecified atom stereocenters. The first-order valence-electron chi connectivity index (χ1n) is 1.49. The van der Waals surface area contributed by atoms with Gasteiger partial charge in [-0.3, -0.25) is 0 Å². The third-order valence-electron chi connectivity index (χ3n) is 0. The minimum atomic E-state index is 0. The molecule has 0 rings (SSSR count). The Kier molecular flexibility index (Phi) is 8.17. The van der Waals surface area contributed by atoms with E-state index in [1.165, 1.54) is 0 Å². The molecule has 0 heterocycles. The van der Waals surface area contributed by atoms with Crippen molar-refractivity contribution in [3.63, 3.8) is 0 Å². The van der Waals surface area contributed by atoms with E-state index in [-0.39, 0.29) is 5.48 Å². The van der Waals surface area contributed by atoms with Crippen molar-refractivity contribution in [2.45, 2.75) is 18.6 Å². The molecule has 0 aromatic rings. The van der Waals surface area contributed by atoms with Gasteiger partial charge in [0.2, 0.25) is 0 Å². The number of hydrogen-bond donors (Lipinski definition) is 0. The topological polar surface area (TPSA) is 28.5 Å². The zero-order valence-corrected chi connectivity index (χ0v) is 4.72. The van der Waals surface area contributed by atoms with Crippen molar-refractivity contribution >= 4 is 16.3 Å². The van der Waals surface area contributed by atoms with Crippen LogP contribution in [0.2, 0.25) is 4.78 Å². The molecule has 0 aromatic carbocycles. The van der Waals surface area contributed by atoms with Crippen molar-refractivity contribution in [1.29, 1.82) is 0 Å². The zero-order valence-electron chi connectivity index (χ0n) is 3.56. The summed E-state index contributed by atoms with van der Waals surface area (Å²) in [4.78, 5) is 0. The number of rotatable bonds is 0. The average Bonchev–Trinajstić information content (AvgIpc) is 0.811. The van der Waals surface area contributed by atoms with E-state index >= 15 is 0 Å². The molecule has 0 N–H and O–H groups in total. The Morgan fingerprint density at radius 2 is 1.40 bits per heavy atom. The van der Waals surface area contributed by atoms with Crippen LogP contribution >= 0.6 is 0 Å². The van der Waals surface area contributed by atoms with E-state index in [2.05, 4.69) is 30.1 Å². The third kappa shape index (κ3) is 115. The zero-order chi connectivity index (χ0) is 3.58. The molecule has 0 amide bonds. The van der Waals surface area contributed by atoms with Crippen molar-refractivity contribution in [2.75, 3.05) is 0 Å². The fourth-order valence-electron chi connectivity index (χ4n) is 0. The van der Waals surface area contributed by atoms with Crippen LogP contribution < -0.4 is 0 Å². The van der Waals surface area contributed by atoms with Gasteiger partial charge in [-0.1, -0.05) is 0 Å². The second-order valence-electron chi connectivity index (χ2n) is 1.24. The molecule has 5 heavy (non-hydrogen) atoms. The monoisotopic (exact) mass is 86.0 g/mol. The quantitative estimate of drug-likeness (QED) is 0.391. The van der Waals surface area contributed by atoms with E-state index in [1.807, 2.05) is 0 Å². The summed E-state index contributed by atoms with van der Waals surface area (Å²) >= 11 is 2.66. The van der Waals surface area contributed by atoms with Crippen molar-refractivity contribution < 1.29 is 5.48 Å². The van der Waals surface area contributed by atoms with Gasteiger partial charge in [0.15, 0.2) is 0 Å². The normalized spacial score (nSPS) is 7.40. The molecule has 0 atom stereocenters. The van der Waals surface area contributed by atoms with E-state index in [9.17, 15) is 0 Å². The maximum absolute atomic E-state index is 2.66. The van der Waals surface area contributed by atoms with E-state index < -0.39 is 0 Å². The average molecular weight is 86.1 g/mol. The molecule has 0 aliphatic carbocycles. The van der Waals surface area contributed by atoms with E-state index in [0.717, 1.165) is 4.78 Å². The van der Waals surface area contributed by atoms with Gasteiger partial charge in [-0.05, 0) is 0 Å². The van der Waals surface area contributed by atoms with Crippen LogP contribution in [0.4, 0.5) is 0 Å². The molecule has 1 nitrogen and oxygen atoms in total. The molecule has 28 valence electrons. The first-order chi connectivity index (χ1) is 1.73. The van der Waals surface area contributed by atoms with Crippen LogP contribution in [0.25, 0.3) is 0 Å². The molecule has 0 saturated carbocycles. The SMILES string of the molecule is C[CH](C)[Al+2].[O-2]. The Bertz CT molecular complexity index is 11.6. The second-order valence-corrected chi connectivity index (χ2v) is 2.58. The Morgan fingerprint density at radius 3 is 1.40 bits per heavy atom. The summed E-state index contributed by atoms with van der Waals surface area (Å²) < 4.78 is 0.750. The van der Waals surface area contributed by atoms with Gasteiger partial charge in [-0.15, -0.1) is 0 Å². The molecular weight excluding hydrogens is 79.0 g/mol. The van der Waals surface area contributed by atoms with Gasteiger partial charge in [-0.25, -0.2) is 0 Å². The van der Waals surface area contributed by atoms with Gasteiger partial charge in [-0.2, -0.15) is 0 Å². The number of hydrogen-bond acceptors (Lipinski definition) is 0. The molecule has 0 aromatic heterocycles. The van der Waals surface area contributed by atoms with Crippen LogP contribution in [0.3, 0.4) is 0 Å². The van der Waals surface area contributed by atoms with Gasteiger partial charge < -0.3 is 5.48 Å². The van der Waals surface area contributed by atoms with E-state index in [1.54, 1.807) is 0 Å². The van der Waals surface area contributed by atoms with Crippen molar-refractivity contribution in [3.05, 3.63) is 0 Å². The summed E-state index contributed by atoms with van der Waals surface area (Å²) in [5.74, 6) is 0. The predicted octanol–water partition coefficient (Wildman–Crippen LogP) is 0.864. The van der Waals surface area contributed by atoms with Crippen LogP contribution in [0, 0.1) is 0 Å². The molecule has 0 radical (unpaired) electrons. The first-order valence-corrected chi connectivity index (χ1v) is 2.15. The Balaban J connectivity index is 0. The molecule has 2 heteroatoms. The second kappa shape index (κ2) is 4.49. The minimum Gasteiger partial charge on any atom is -2.00 e. The summed E-state index contributed by atoms with van der Waals surface area (Å²) in [6.45, 7) is 4.26. The van der Waals surface area contributed by atoms with Crippen LogP contribution in [-0.4, -0.2) is 16.3 Å². The Labute approximate surface area is 41.1 Å². The smallest absolute Gasteiger partial charge is 2.00 e. The first kappa shape index (κ1) is 9.09. The fraction of sp³-hybridized carbons (Fsp3) is 1.00. The molecule has 0 fully saturated rings. The molecule has 0 aliphatic heterocycles.